The van der Waals surface area contributed by atoms with Gasteiger partial charge in [0.1, 0.15) is 5.60 Å². The van der Waals surface area contributed by atoms with Crippen LogP contribution < -0.4 is 4.90 Å². The first-order valence-electron chi connectivity index (χ1n) is 6.16. The summed E-state index contributed by atoms with van der Waals surface area (Å²) in [5.41, 5.74) is 1.69. The van der Waals surface area contributed by atoms with Crippen molar-refractivity contribution < 1.29 is 9.53 Å². The molecule has 98 valence electrons. The Bertz CT molecular complexity index is 465. The summed E-state index contributed by atoms with van der Waals surface area (Å²) in [5.74, 6) is 0. The summed E-state index contributed by atoms with van der Waals surface area (Å²) in [6.07, 6.45) is 1.70. The number of halogens is 1. The van der Waals surface area contributed by atoms with Crippen molar-refractivity contribution in [2.24, 2.45) is 0 Å². The molecule has 0 atom stereocenters. The van der Waals surface area contributed by atoms with Gasteiger partial charge in [-0.2, -0.15) is 0 Å². The number of rotatable bonds is 0. The molecule has 1 amide bonds. The SMILES string of the molecule is CC(C)(C)OC(=O)N1CCCc2c(Br)cccc21. The first-order valence-corrected chi connectivity index (χ1v) is 6.96. The van der Waals surface area contributed by atoms with Crippen molar-refractivity contribution in [3.05, 3.63) is 28.2 Å². The summed E-state index contributed by atoms with van der Waals surface area (Å²) in [4.78, 5) is 13.9. The third kappa shape index (κ3) is 2.86. The predicted molar refractivity (Wildman–Crippen MR) is 76.0 cm³/mol. The van der Waals surface area contributed by atoms with Gasteiger partial charge >= 0.3 is 6.09 Å². The summed E-state index contributed by atoms with van der Waals surface area (Å²) in [5, 5.41) is 0. The van der Waals surface area contributed by atoms with Crippen molar-refractivity contribution in [1.29, 1.82) is 0 Å². The van der Waals surface area contributed by atoms with Crippen molar-refractivity contribution in [2.45, 2.75) is 39.2 Å². The first-order chi connectivity index (χ1) is 8.38. The largest absolute Gasteiger partial charge is 0.443 e. The van der Waals surface area contributed by atoms with Gasteiger partial charge in [-0.15, -0.1) is 0 Å². The Labute approximate surface area is 116 Å². The van der Waals surface area contributed by atoms with Crippen molar-refractivity contribution in [1.82, 2.24) is 0 Å². The van der Waals surface area contributed by atoms with Crippen LogP contribution in [0.4, 0.5) is 10.5 Å². The van der Waals surface area contributed by atoms with E-state index < -0.39 is 5.60 Å². The molecule has 0 aliphatic carbocycles. The third-order valence-electron chi connectivity index (χ3n) is 2.81. The van der Waals surface area contributed by atoms with Gasteiger partial charge in [0.05, 0.1) is 5.69 Å². The second-order valence-corrected chi connectivity index (χ2v) is 6.33. The number of benzene rings is 1. The zero-order valence-electron chi connectivity index (χ0n) is 11.0. The molecule has 0 saturated carbocycles. The van der Waals surface area contributed by atoms with E-state index in [4.69, 9.17) is 4.74 Å². The van der Waals surface area contributed by atoms with E-state index >= 15 is 0 Å². The van der Waals surface area contributed by atoms with Gasteiger partial charge in [-0.05, 0) is 51.3 Å². The molecule has 0 spiro atoms. The highest BCUT2D eigenvalue weighted by molar-refractivity contribution is 9.10. The molecular weight excluding hydrogens is 294 g/mol. The van der Waals surface area contributed by atoms with Crippen LogP contribution in [0.25, 0.3) is 0 Å². The van der Waals surface area contributed by atoms with Crippen molar-refractivity contribution in [3.8, 4) is 0 Å². The standard InChI is InChI=1S/C14H18BrNO2/c1-14(2,3)18-13(17)16-9-5-6-10-11(15)7-4-8-12(10)16/h4,7-8H,5-6,9H2,1-3H3. The summed E-state index contributed by atoms with van der Waals surface area (Å²) in [6, 6.07) is 5.94. The van der Waals surface area contributed by atoms with Crippen LogP contribution in [-0.4, -0.2) is 18.2 Å². The van der Waals surface area contributed by atoms with E-state index in [9.17, 15) is 4.79 Å². The molecule has 2 rings (SSSR count). The quantitative estimate of drug-likeness (QED) is 0.720. The molecular formula is C14H18BrNO2. The number of hydrogen-bond acceptors (Lipinski definition) is 2. The molecule has 0 aromatic heterocycles. The molecule has 0 bridgehead atoms. The molecule has 1 heterocycles. The minimum atomic E-state index is -0.458. The monoisotopic (exact) mass is 311 g/mol. The third-order valence-corrected chi connectivity index (χ3v) is 3.55. The summed E-state index contributed by atoms with van der Waals surface area (Å²) < 4.78 is 6.51. The number of anilines is 1. The summed E-state index contributed by atoms with van der Waals surface area (Å²) in [7, 11) is 0. The molecule has 3 nitrogen and oxygen atoms in total. The maximum atomic E-state index is 12.2. The maximum Gasteiger partial charge on any atom is 0.414 e. The lowest BCUT2D eigenvalue weighted by Crippen LogP contribution is -2.39. The van der Waals surface area contributed by atoms with Crippen LogP contribution in [0.2, 0.25) is 0 Å². The number of hydrogen-bond donors (Lipinski definition) is 0. The second kappa shape index (κ2) is 4.92. The zero-order valence-corrected chi connectivity index (χ0v) is 12.6. The number of ether oxygens (including phenoxy) is 1. The van der Waals surface area contributed by atoms with Gasteiger partial charge in [-0.25, -0.2) is 4.79 Å². The Morgan fingerprint density at radius 2 is 2.11 bits per heavy atom. The van der Waals surface area contributed by atoms with Gasteiger partial charge in [-0.1, -0.05) is 22.0 Å². The fourth-order valence-corrected chi connectivity index (χ4v) is 2.64. The second-order valence-electron chi connectivity index (χ2n) is 5.47. The number of nitrogens with zero attached hydrogens (tertiary/aromatic N) is 1. The smallest absolute Gasteiger partial charge is 0.414 e. The Hall–Kier alpha value is -1.03. The Balaban J connectivity index is 2.28. The van der Waals surface area contributed by atoms with Crippen LogP contribution in [-0.2, 0) is 11.2 Å². The highest BCUT2D eigenvalue weighted by Crippen LogP contribution is 2.33. The molecule has 1 aliphatic heterocycles. The van der Waals surface area contributed by atoms with Crippen LogP contribution in [0.1, 0.15) is 32.8 Å². The average Bonchev–Trinajstić information content (AvgIpc) is 2.26. The molecule has 0 unspecified atom stereocenters. The van der Waals surface area contributed by atoms with E-state index in [1.807, 2.05) is 39.0 Å². The van der Waals surface area contributed by atoms with E-state index in [0.29, 0.717) is 0 Å². The molecule has 0 radical (unpaired) electrons. The molecule has 4 heteroatoms. The van der Waals surface area contributed by atoms with Crippen molar-refractivity contribution in [2.75, 3.05) is 11.4 Å². The number of amides is 1. The fraction of sp³-hybridized carbons (Fsp3) is 0.500. The van der Waals surface area contributed by atoms with Crippen LogP contribution >= 0.6 is 15.9 Å². The van der Waals surface area contributed by atoms with Crippen molar-refractivity contribution in [3.63, 3.8) is 0 Å². The Morgan fingerprint density at radius 3 is 2.78 bits per heavy atom. The van der Waals surface area contributed by atoms with Gasteiger partial charge in [0.25, 0.3) is 0 Å². The molecule has 0 saturated heterocycles. The van der Waals surface area contributed by atoms with Gasteiger partial charge in [0, 0.05) is 11.0 Å². The van der Waals surface area contributed by atoms with E-state index in [-0.39, 0.29) is 6.09 Å². The molecule has 1 aromatic rings. The lowest BCUT2D eigenvalue weighted by atomic mass is 10.0. The topological polar surface area (TPSA) is 29.5 Å². The molecule has 1 aromatic carbocycles. The first kappa shape index (κ1) is 13.4. The van der Waals surface area contributed by atoms with Gasteiger partial charge < -0.3 is 4.74 Å². The highest BCUT2D eigenvalue weighted by atomic mass is 79.9. The van der Waals surface area contributed by atoms with Crippen LogP contribution in [0.3, 0.4) is 0 Å². The van der Waals surface area contributed by atoms with E-state index in [2.05, 4.69) is 15.9 Å². The Morgan fingerprint density at radius 1 is 1.39 bits per heavy atom. The fourth-order valence-electron chi connectivity index (χ4n) is 2.09. The van der Waals surface area contributed by atoms with Gasteiger partial charge in [0.15, 0.2) is 0 Å². The van der Waals surface area contributed by atoms with Gasteiger partial charge in [0.2, 0.25) is 0 Å². The van der Waals surface area contributed by atoms with Gasteiger partial charge in [-0.3, -0.25) is 4.90 Å². The van der Waals surface area contributed by atoms with E-state index in [1.54, 1.807) is 4.90 Å². The summed E-state index contributed by atoms with van der Waals surface area (Å²) in [6.45, 7) is 6.38. The number of carbonyl (C=O) groups excluding carboxylic acids is 1. The maximum absolute atomic E-state index is 12.2. The summed E-state index contributed by atoms with van der Waals surface area (Å²) >= 11 is 3.54. The molecule has 0 N–H and O–H groups in total. The average molecular weight is 312 g/mol. The minimum Gasteiger partial charge on any atom is -0.443 e. The lowest BCUT2D eigenvalue weighted by molar-refractivity contribution is 0.0578. The lowest BCUT2D eigenvalue weighted by Gasteiger charge is -2.32. The normalized spacial score (nSPS) is 15.2. The van der Waals surface area contributed by atoms with Crippen molar-refractivity contribution >= 4 is 27.7 Å². The number of carbonyl (C=O) groups is 1. The van der Waals surface area contributed by atoms with Crippen LogP contribution in [0.5, 0.6) is 0 Å². The Kier molecular flexibility index (Phi) is 3.66. The van der Waals surface area contributed by atoms with Crippen LogP contribution in [0.15, 0.2) is 22.7 Å². The van der Waals surface area contributed by atoms with Crippen LogP contribution in [0, 0.1) is 0 Å². The minimum absolute atomic E-state index is 0.262. The van der Waals surface area contributed by atoms with E-state index in [1.165, 1.54) is 5.56 Å². The molecule has 1 aliphatic rings. The molecule has 18 heavy (non-hydrogen) atoms. The number of fused-ring (bicyclic) bond motifs is 1. The zero-order chi connectivity index (χ0) is 13.3. The molecule has 0 fully saturated rings. The van der Waals surface area contributed by atoms with E-state index in [0.717, 1.165) is 29.5 Å². The highest BCUT2D eigenvalue weighted by Gasteiger charge is 2.27. The predicted octanol–water partition coefficient (Wildman–Crippen LogP) is 4.14.